The molecule has 1 atom stereocenters. The van der Waals surface area contributed by atoms with Crippen LogP contribution in [-0.4, -0.2) is 6.04 Å². The minimum Gasteiger partial charge on any atom is -0.318 e. The summed E-state index contributed by atoms with van der Waals surface area (Å²) in [5.74, 6) is 5.16. The molecule has 16 heavy (non-hydrogen) atoms. The molecule has 0 aliphatic heterocycles. The molecule has 82 valence electrons. The van der Waals surface area contributed by atoms with Gasteiger partial charge in [-0.2, -0.15) is 5.26 Å². The Morgan fingerprint density at radius 3 is 2.69 bits per heavy atom. The molecule has 3 heteroatoms. The maximum absolute atomic E-state index is 13.0. The third-order valence-electron chi connectivity index (χ3n) is 2.03. The van der Waals surface area contributed by atoms with Gasteiger partial charge in [0.25, 0.3) is 0 Å². The Balaban J connectivity index is 2.89. The first-order valence-corrected chi connectivity index (χ1v) is 5.13. The Labute approximate surface area is 94.9 Å². The topological polar surface area (TPSA) is 49.8 Å². The van der Waals surface area contributed by atoms with E-state index in [0.29, 0.717) is 5.56 Å². The van der Waals surface area contributed by atoms with Gasteiger partial charge in [0.05, 0.1) is 17.7 Å². The van der Waals surface area contributed by atoms with Crippen LogP contribution in [0.25, 0.3) is 0 Å². The SMILES string of the molecule is CCCC(N)C#Cc1cc(F)cc(C#N)c1. The Kier molecular flexibility index (Phi) is 4.51. The highest BCUT2D eigenvalue weighted by molar-refractivity contribution is 5.42. The molecular formula is C13H13FN2. The number of rotatable bonds is 2. The summed E-state index contributed by atoms with van der Waals surface area (Å²) >= 11 is 0. The van der Waals surface area contributed by atoms with Crippen LogP contribution in [-0.2, 0) is 0 Å². The second kappa shape index (κ2) is 5.90. The Hall–Kier alpha value is -1.84. The van der Waals surface area contributed by atoms with E-state index in [0.717, 1.165) is 12.8 Å². The van der Waals surface area contributed by atoms with Gasteiger partial charge in [-0.3, -0.25) is 0 Å². The number of nitrogens with zero attached hydrogens (tertiary/aromatic N) is 1. The van der Waals surface area contributed by atoms with Gasteiger partial charge < -0.3 is 5.73 Å². The minimum absolute atomic E-state index is 0.196. The van der Waals surface area contributed by atoms with Crippen LogP contribution in [0.5, 0.6) is 0 Å². The molecule has 0 saturated heterocycles. The summed E-state index contributed by atoms with van der Waals surface area (Å²) in [6.45, 7) is 2.03. The van der Waals surface area contributed by atoms with Crippen molar-refractivity contribution >= 4 is 0 Å². The monoisotopic (exact) mass is 216 g/mol. The second-order valence-corrected chi connectivity index (χ2v) is 3.50. The smallest absolute Gasteiger partial charge is 0.125 e. The van der Waals surface area contributed by atoms with Crippen LogP contribution in [0, 0.1) is 29.0 Å². The first kappa shape index (κ1) is 12.2. The predicted octanol–water partition coefficient (Wildman–Crippen LogP) is 2.18. The molecule has 1 aromatic rings. The van der Waals surface area contributed by atoms with E-state index < -0.39 is 5.82 Å². The molecule has 2 N–H and O–H groups in total. The normalized spacial score (nSPS) is 11.1. The average Bonchev–Trinajstić information content (AvgIpc) is 2.26. The maximum Gasteiger partial charge on any atom is 0.125 e. The molecule has 0 saturated carbocycles. The number of nitriles is 1. The number of halogens is 1. The van der Waals surface area contributed by atoms with Crippen LogP contribution in [0.2, 0.25) is 0 Å². The Bertz CT molecular complexity index is 463. The predicted molar refractivity (Wildman–Crippen MR) is 60.9 cm³/mol. The molecule has 1 unspecified atom stereocenters. The van der Waals surface area contributed by atoms with Gasteiger partial charge in [-0.15, -0.1) is 0 Å². The maximum atomic E-state index is 13.0. The van der Waals surface area contributed by atoms with Gasteiger partial charge >= 0.3 is 0 Å². The largest absolute Gasteiger partial charge is 0.318 e. The highest BCUT2D eigenvalue weighted by Crippen LogP contribution is 2.07. The van der Waals surface area contributed by atoms with E-state index in [-0.39, 0.29) is 11.6 Å². The van der Waals surface area contributed by atoms with Crippen LogP contribution in [0.3, 0.4) is 0 Å². The van der Waals surface area contributed by atoms with Crippen molar-refractivity contribution < 1.29 is 4.39 Å². The van der Waals surface area contributed by atoms with Crippen molar-refractivity contribution in [1.29, 1.82) is 5.26 Å². The van der Waals surface area contributed by atoms with Crippen LogP contribution in [0.1, 0.15) is 30.9 Å². The van der Waals surface area contributed by atoms with Gasteiger partial charge in [-0.25, -0.2) is 4.39 Å². The highest BCUT2D eigenvalue weighted by atomic mass is 19.1. The van der Waals surface area contributed by atoms with Crippen molar-refractivity contribution in [2.45, 2.75) is 25.8 Å². The lowest BCUT2D eigenvalue weighted by molar-refractivity contribution is 0.627. The molecule has 1 aromatic carbocycles. The van der Waals surface area contributed by atoms with Crippen LogP contribution in [0.15, 0.2) is 18.2 Å². The quantitative estimate of drug-likeness (QED) is 0.770. The van der Waals surface area contributed by atoms with Gasteiger partial charge in [0, 0.05) is 5.56 Å². The Morgan fingerprint density at radius 1 is 1.38 bits per heavy atom. The van der Waals surface area contributed by atoms with Crippen LogP contribution in [0.4, 0.5) is 4.39 Å². The summed E-state index contributed by atoms with van der Waals surface area (Å²) in [6, 6.07) is 5.71. The molecule has 0 fully saturated rings. The van der Waals surface area contributed by atoms with Crippen molar-refractivity contribution in [3.8, 4) is 17.9 Å². The van der Waals surface area contributed by atoms with E-state index in [1.807, 2.05) is 13.0 Å². The molecule has 0 radical (unpaired) electrons. The van der Waals surface area contributed by atoms with Crippen molar-refractivity contribution in [2.75, 3.05) is 0 Å². The van der Waals surface area contributed by atoms with Crippen LogP contribution < -0.4 is 5.73 Å². The zero-order valence-electron chi connectivity index (χ0n) is 9.13. The number of nitrogens with two attached hydrogens (primary N) is 1. The third kappa shape index (κ3) is 3.73. The summed E-state index contributed by atoms with van der Waals surface area (Å²) in [7, 11) is 0. The van der Waals surface area contributed by atoms with E-state index >= 15 is 0 Å². The minimum atomic E-state index is -0.451. The van der Waals surface area contributed by atoms with Crippen molar-refractivity contribution in [1.82, 2.24) is 0 Å². The molecule has 0 aliphatic rings. The van der Waals surface area contributed by atoms with Crippen molar-refractivity contribution in [2.24, 2.45) is 5.73 Å². The molecule has 0 aromatic heterocycles. The second-order valence-electron chi connectivity index (χ2n) is 3.50. The lowest BCUT2D eigenvalue weighted by Gasteiger charge is -1.99. The fourth-order valence-electron chi connectivity index (χ4n) is 1.29. The Morgan fingerprint density at radius 2 is 2.06 bits per heavy atom. The van der Waals surface area contributed by atoms with E-state index in [2.05, 4.69) is 11.8 Å². The van der Waals surface area contributed by atoms with Gasteiger partial charge in [0.15, 0.2) is 0 Å². The first-order chi connectivity index (χ1) is 7.65. The van der Waals surface area contributed by atoms with Gasteiger partial charge in [0.1, 0.15) is 5.82 Å². The number of hydrogen-bond acceptors (Lipinski definition) is 2. The lowest BCUT2D eigenvalue weighted by Crippen LogP contribution is -2.16. The van der Waals surface area contributed by atoms with Crippen molar-refractivity contribution in [3.05, 3.63) is 35.1 Å². The van der Waals surface area contributed by atoms with E-state index in [9.17, 15) is 4.39 Å². The van der Waals surface area contributed by atoms with Gasteiger partial charge in [-0.05, 0) is 24.6 Å². The summed E-state index contributed by atoms with van der Waals surface area (Å²) < 4.78 is 13.0. The summed E-state index contributed by atoms with van der Waals surface area (Å²) in [6.07, 6.45) is 1.77. The fraction of sp³-hybridized carbons (Fsp3) is 0.308. The summed E-state index contributed by atoms with van der Waals surface area (Å²) in [4.78, 5) is 0. The number of hydrogen-bond donors (Lipinski definition) is 1. The lowest BCUT2D eigenvalue weighted by atomic mass is 10.1. The highest BCUT2D eigenvalue weighted by Gasteiger charge is 1.98. The van der Waals surface area contributed by atoms with Crippen LogP contribution >= 0.6 is 0 Å². The van der Waals surface area contributed by atoms with E-state index in [1.165, 1.54) is 12.1 Å². The molecule has 2 nitrogen and oxygen atoms in total. The summed E-state index contributed by atoms with van der Waals surface area (Å²) in [5, 5.41) is 8.66. The molecule has 0 heterocycles. The zero-order valence-corrected chi connectivity index (χ0v) is 9.13. The average molecular weight is 216 g/mol. The summed E-state index contributed by atoms with van der Waals surface area (Å²) in [5.41, 5.74) is 6.47. The molecular weight excluding hydrogens is 203 g/mol. The molecule has 0 amide bonds. The van der Waals surface area contributed by atoms with E-state index in [1.54, 1.807) is 6.07 Å². The molecule has 0 bridgehead atoms. The molecule has 0 spiro atoms. The third-order valence-corrected chi connectivity index (χ3v) is 2.03. The first-order valence-electron chi connectivity index (χ1n) is 5.13. The number of benzene rings is 1. The van der Waals surface area contributed by atoms with Gasteiger partial charge in [-0.1, -0.05) is 25.2 Å². The zero-order chi connectivity index (χ0) is 12.0. The molecule has 1 rings (SSSR count). The van der Waals surface area contributed by atoms with E-state index in [4.69, 9.17) is 11.0 Å². The molecule has 0 aliphatic carbocycles. The van der Waals surface area contributed by atoms with Crippen molar-refractivity contribution in [3.63, 3.8) is 0 Å². The standard InChI is InChI=1S/C13H13FN2/c1-2-3-13(16)5-4-10-6-11(9-15)8-12(14)7-10/h6-8,13H,2-3,16H2,1H3. The fourth-order valence-corrected chi connectivity index (χ4v) is 1.29. The van der Waals surface area contributed by atoms with Gasteiger partial charge in [0.2, 0.25) is 0 Å².